The summed E-state index contributed by atoms with van der Waals surface area (Å²) in [6.45, 7) is 0. The number of rotatable bonds is 4. The highest BCUT2D eigenvalue weighted by atomic mass is 79.9. The highest BCUT2D eigenvalue weighted by Crippen LogP contribution is 2.26. The minimum Gasteiger partial charge on any atom is -0.288 e. The number of nitrogens with zero attached hydrogens (tertiary/aromatic N) is 3. The third-order valence-electron chi connectivity index (χ3n) is 3.15. The maximum absolute atomic E-state index is 12.4. The van der Waals surface area contributed by atoms with E-state index in [9.17, 15) is 8.42 Å². The molecule has 11 heteroatoms. The van der Waals surface area contributed by atoms with Gasteiger partial charge in [0.1, 0.15) is 16.4 Å². The number of sulfonamides is 1. The summed E-state index contributed by atoms with van der Waals surface area (Å²) in [5, 5.41) is 0.638. The minimum absolute atomic E-state index is 0.0164. The summed E-state index contributed by atoms with van der Waals surface area (Å²) in [4.78, 5) is 7.69. The van der Waals surface area contributed by atoms with E-state index in [-0.39, 0.29) is 20.4 Å². The van der Waals surface area contributed by atoms with E-state index in [1.807, 2.05) is 0 Å². The minimum atomic E-state index is -3.80. The van der Waals surface area contributed by atoms with Crippen LogP contribution in [-0.4, -0.2) is 23.0 Å². The van der Waals surface area contributed by atoms with Gasteiger partial charge in [0.05, 0.1) is 4.47 Å². The lowest BCUT2D eigenvalue weighted by molar-refractivity contribution is 0.600. The van der Waals surface area contributed by atoms with Crippen molar-refractivity contribution >= 4 is 66.4 Å². The van der Waals surface area contributed by atoms with E-state index in [2.05, 4.69) is 30.6 Å². The fourth-order valence-electron chi connectivity index (χ4n) is 1.95. The number of benzene rings is 1. The van der Waals surface area contributed by atoms with Crippen LogP contribution < -0.4 is 4.72 Å². The molecule has 1 aromatic carbocycles. The molecule has 0 spiro atoms. The van der Waals surface area contributed by atoms with Gasteiger partial charge < -0.3 is 0 Å². The molecule has 0 radical (unpaired) electrons. The third kappa shape index (κ3) is 3.93. The number of halogens is 4. The second-order valence-electron chi connectivity index (χ2n) is 4.79. The van der Waals surface area contributed by atoms with Gasteiger partial charge in [-0.05, 0) is 46.3 Å². The van der Waals surface area contributed by atoms with E-state index in [0.29, 0.717) is 15.8 Å². The monoisotopic (exact) mass is 480 g/mol. The van der Waals surface area contributed by atoms with Crippen LogP contribution >= 0.6 is 50.7 Å². The van der Waals surface area contributed by atoms with E-state index in [0.717, 1.165) is 0 Å². The molecule has 0 unspecified atom stereocenters. The lowest BCUT2D eigenvalue weighted by Gasteiger charge is -2.10. The first-order valence-corrected chi connectivity index (χ1v) is 10.0. The molecule has 3 aromatic rings. The van der Waals surface area contributed by atoms with Crippen LogP contribution in [0.3, 0.4) is 0 Å². The Morgan fingerprint density at radius 3 is 2.28 bits per heavy atom. The summed E-state index contributed by atoms with van der Waals surface area (Å²) in [6, 6.07) is 7.92. The zero-order chi connectivity index (χ0) is 18.2. The fraction of sp³-hybridized carbons (Fsp3) is 0. The lowest BCUT2D eigenvalue weighted by Crippen LogP contribution is -2.13. The van der Waals surface area contributed by atoms with E-state index < -0.39 is 10.0 Å². The fourth-order valence-corrected chi connectivity index (χ4v) is 3.90. The average molecular weight is 483 g/mol. The molecule has 2 heterocycles. The highest BCUT2D eigenvalue weighted by molar-refractivity contribution is 9.10. The molecule has 25 heavy (non-hydrogen) atoms. The van der Waals surface area contributed by atoms with Crippen molar-refractivity contribution in [2.75, 3.05) is 4.72 Å². The van der Waals surface area contributed by atoms with Gasteiger partial charge in [-0.1, -0.05) is 34.8 Å². The molecule has 0 bridgehead atoms. The quantitative estimate of drug-likeness (QED) is 0.543. The zero-order valence-electron chi connectivity index (χ0n) is 12.1. The van der Waals surface area contributed by atoms with Gasteiger partial charge in [0.15, 0.2) is 10.3 Å². The molecule has 0 aliphatic rings. The van der Waals surface area contributed by atoms with Crippen LogP contribution in [0.5, 0.6) is 0 Å². The normalized spacial score (nSPS) is 11.5. The Hall–Kier alpha value is -1.32. The second-order valence-corrected chi connectivity index (χ2v) is 8.40. The van der Waals surface area contributed by atoms with Crippen LogP contribution in [0, 0.1) is 0 Å². The summed E-state index contributed by atoms with van der Waals surface area (Å²) in [7, 11) is -3.80. The number of aromatic nitrogens is 3. The molecule has 0 aliphatic heterocycles. The second kappa shape index (κ2) is 7.13. The van der Waals surface area contributed by atoms with Crippen LogP contribution in [0.4, 0.5) is 5.69 Å². The van der Waals surface area contributed by atoms with Crippen molar-refractivity contribution in [3.05, 3.63) is 62.8 Å². The van der Waals surface area contributed by atoms with E-state index in [4.69, 9.17) is 34.8 Å². The van der Waals surface area contributed by atoms with Crippen molar-refractivity contribution in [2.45, 2.75) is 4.90 Å². The molecule has 0 saturated carbocycles. The van der Waals surface area contributed by atoms with Gasteiger partial charge in [-0.25, -0.2) is 18.4 Å². The van der Waals surface area contributed by atoms with Crippen molar-refractivity contribution in [3.63, 3.8) is 0 Å². The van der Waals surface area contributed by atoms with E-state index in [1.54, 1.807) is 28.8 Å². The molecule has 0 fully saturated rings. The SMILES string of the molecule is O=S(=O)(Nc1ccc(-n2cnc(Cl)c2Cl)cc1)c1cnc(Cl)c(Br)c1. The Labute approximate surface area is 166 Å². The van der Waals surface area contributed by atoms with Gasteiger partial charge in [-0.2, -0.15) is 0 Å². The first kappa shape index (κ1) is 18.5. The van der Waals surface area contributed by atoms with Crippen molar-refractivity contribution in [3.8, 4) is 5.69 Å². The van der Waals surface area contributed by atoms with Crippen molar-refractivity contribution in [2.24, 2.45) is 0 Å². The summed E-state index contributed by atoms with van der Waals surface area (Å²) in [5.74, 6) is 0. The number of nitrogens with one attached hydrogen (secondary N) is 1. The predicted molar refractivity (Wildman–Crippen MR) is 101 cm³/mol. The van der Waals surface area contributed by atoms with E-state index >= 15 is 0 Å². The van der Waals surface area contributed by atoms with Crippen molar-refractivity contribution < 1.29 is 8.42 Å². The summed E-state index contributed by atoms with van der Waals surface area (Å²) >= 11 is 20.8. The average Bonchev–Trinajstić information content (AvgIpc) is 2.90. The van der Waals surface area contributed by atoms with Gasteiger partial charge in [0.2, 0.25) is 0 Å². The highest BCUT2D eigenvalue weighted by Gasteiger charge is 2.16. The number of hydrogen-bond donors (Lipinski definition) is 1. The van der Waals surface area contributed by atoms with Gasteiger partial charge in [0.25, 0.3) is 10.0 Å². The standard InChI is InChI=1S/C14H8BrCl3N4O2S/c15-11-5-10(6-19-12(11)16)25(23,24)21-8-1-3-9(4-2-8)22-7-20-13(17)14(22)18/h1-7,21H. The van der Waals surface area contributed by atoms with E-state index in [1.165, 1.54) is 18.6 Å². The zero-order valence-corrected chi connectivity index (χ0v) is 16.8. The maximum atomic E-state index is 12.4. The molecule has 0 atom stereocenters. The molecule has 0 aliphatic carbocycles. The van der Waals surface area contributed by atoms with Gasteiger partial charge in [-0.15, -0.1) is 0 Å². The lowest BCUT2D eigenvalue weighted by atomic mass is 10.3. The first-order valence-electron chi connectivity index (χ1n) is 6.60. The molecular formula is C14H8BrCl3N4O2S. The topological polar surface area (TPSA) is 76.9 Å². The molecule has 1 N–H and O–H groups in total. The van der Waals surface area contributed by atoms with Crippen LogP contribution in [0.15, 0.2) is 52.2 Å². The molecule has 0 saturated heterocycles. The van der Waals surface area contributed by atoms with Crippen molar-refractivity contribution in [1.82, 2.24) is 14.5 Å². The maximum Gasteiger partial charge on any atom is 0.263 e. The molecule has 6 nitrogen and oxygen atoms in total. The van der Waals surface area contributed by atoms with Gasteiger partial charge in [0, 0.05) is 17.6 Å². The van der Waals surface area contributed by atoms with Crippen LogP contribution in [0.25, 0.3) is 5.69 Å². The number of anilines is 1. The summed E-state index contributed by atoms with van der Waals surface area (Å²) in [5.41, 5.74) is 1.06. The summed E-state index contributed by atoms with van der Waals surface area (Å²) in [6.07, 6.45) is 2.65. The Kier molecular flexibility index (Phi) is 5.26. The van der Waals surface area contributed by atoms with Gasteiger partial charge >= 0.3 is 0 Å². The van der Waals surface area contributed by atoms with Crippen molar-refractivity contribution in [1.29, 1.82) is 0 Å². The molecule has 3 rings (SSSR count). The number of imidazole rings is 1. The number of pyridine rings is 1. The van der Waals surface area contributed by atoms with Gasteiger partial charge in [-0.3, -0.25) is 9.29 Å². The molecule has 2 aromatic heterocycles. The first-order chi connectivity index (χ1) is 11.8. The Morgan fingerprint density at radius 2 is 1.72 bits per heavy atom. The molecule has 0 amide bonds. The Bertz CT molecular complexity index is 1040. The third-order valence-corrected chi connectivity index (χ3v) is 6.36. The van der Waals surface area contributed by atoms with Crippen LogP contribution in [0.2, 0.25) is 15.5 Å². The van der Waals surface area contributed by atoms with Crippen LogP contribution in [-0.2, 0) is 10.0 Å². The largest absolute Gasteiger partial charge is 0.288 e. The number of hydrogen-bond acceptors (Lipinski definition) is 4. The Morgan fingerprint density at radius 1 is 1.04 bits per heavy atom. The Balaban J connectivity index is 1.85. The molecular weight excluding hydrogens is 475 g/mol. The van der Waals surface area contributed by atoms with Crippen LogP contribution in [0.1, 0.15) is 0 Å². The molecule has 130 valence electrons. The summed E-state index contributed by atoms with van der Waals surface area (Å²) < 4.78 is 29.2. The smallest absolute Gasteiger partial charge is 0.263 e. The predicted octanol–water partition coefficient (Wildman–Crippen LogP) is 4.79.